The molecular formula is C17H16N4O4S. The van der Waals surface area contributed by atoms with Crippen LogP contribution >= 0.6 is 11.8 Å². The van der Waals surface area contributed by atoms with Gasteiger partial charge in [-0.1, -0.05) is 17.8 Å². The van der Waals surface area contributed by atoms with Crippen molar-refractivity contribution in [1.29, 1.82) is 0 Å². The first-order chi connectivity index (χ1) is 12.5. The zero-order valence-electron chi connectivity index (χ0n) is 14.1. The molecule has 0 unspecified atom stereocenters. The van der Waals surface area contributed by atoms with Crippen LogP contribution in [0.2, 0.25) is 0 Å². The van der Waals surface area contributed by atoms with Gasteiger partial charge in [0.05, 0.1) is 21.9 Å². The summed E-state index contributed by atoms with van der Waals surface area (Å²) >= 11 is 1.49. The first-order valence-electron chi connectivity index (χ1n) is 7.70. The van der Waals surface area contributed by atoms with Gasteiger partial charge in [0.15, 0.2) is 10.9 Å². The van der Waals surface area contributed by atoms with E-state index < -0.39 is 10.8 Å². The lowest BCUT2D eigenvalue weighted by Gasteiger charge is -2.07. The number of hydrogen-bond acceptors (Lipinski definition) is 6. The summed E-state index contributed by atoms with van der Waals surface area (Å²) in [5.41, 5.74) is 0.724. The minimum atomic E-state index is -0.481. The van der Waals surface area contributed by atoms with Crippen molar-refractivity contribution in [2.45, 2.75) is 17.8 Å². The maximum atomic E-state index is 12.3. The van der Waals surface area contributed by atoms with Gasteiger partial charge in [0.25, 0.3) is 11.6 Å². The highest BCUT2D eigenvalue weighted by Gasteiger charge is 2.17. The Kier molecular flexibility index (Phi) is 5.08. The summed E-state index contributed by atoms with van der Waals surface area (Å²) in [5, 5.41) is 14.5. The number of nitrogens with zero attached hydrogens (tertiary/aromatic N) is 3. The summed E-state index contributed by atoms with van der Waals surface area (Å²) in [6.45, 7) is 1.59. The molecule has 26 heavy (non-hydrogen) atoms. The molecule has 0 bridgehead atoms. The third kappa shape index (κ3) is 3.77. The SMILES string of the molecule is Cc1c(NC(=O)c2ccc(CSc3nccn3C)o2)cccc1[N+](=O)[O-]. The molecule has 1 aromatic carbocycles. The third-order valence-electron chi connectivity index (χ3n) is 3.76. The molecule has 0 atom stereocenters. The highest BCUT2D eigenvalue weighted by atomic mass is 32.2. The molecule has 0 fully saturated rings. The fourth-order valence-corrected chi connectivity index (χ4v) is 3.17. The number of nitro benzene ring substituents is 1. The molecule has 0 spiro atoms. The quantitative estimate of drug-likeness (QED) is 0.401. The summed E-state index contributed by atoms with van der Waals surface area (Å²) in [6, 6.07) is 7.84. The number of anilines is 1. The predicted molar refractivity (Wildman–Crippen MR) is 97.3 cm³/mol. The van der Waals surface area contributed by atoms with Crippen molar-refractivity contribution in [3.8, 4) is 0 Å². The van der Waals surface area contributed by atoms with E-state index in [1.165, 1.54) is 23.9 Å². The van der Waals surface area contributed by atoms with Crippen LogP contribution in [0.25, 0.3) is 0 Å². The Balaban J connectivity index is 1.68. The third-order valence-corrected chi connectivity index (χ3v) is 4.84. The lowest BCUT2D eigenvalue weighted by atomic mass is 10.1. The van der Waals surface area contributed by atoms with Crippen LogP contribution in [-0.2, 0) is 12.8 Å². The molecular weight excluding hydrogens is 356 g/mol. The van der Waals surface area contributed by atoms with Gasteiger partial charge in [-0.15, -0.1) is 0 Å². The van der Waals surface area contributed by atoms with E-state index in [0.717, 1.165) is 5.16 Å². The molecule has 1 N–H and O–H groups in total. The van der Waals surface area contributed by atoms with Crippen molar-refractivity contribution in [2.75, 3.05) is 5.32 Å². The van der Waals surface area contributed by atoms with Gasteiger partial charge in [-0.3, -0.25) is 14.9 Å². The van der Waals surface area contributed by atoms with Gasteiger partial charge in [0.2, 0.25) is 0 Å². The van der Waals surface area contributed by atoms with Crippen LogP contribution in [0, 0.1) is 17.0 Å². The van der Waals surface area contributed by atoms with Gasteiger partial charge in [0, 0.05) is 25.5 Å². The summed E-state index contributed by atoms with van der Waals surface area (Å²) < 4.78 is 7.46. The molecule has 9 heteroatoms. The number of thioether (sulfide) groups is 1. The number of carbonyl (C=O) groups excluding carboxylic acids is 1. The van der Waals surface area contributed by atoms with E-state index in [-0.39, 0.29) is 11.4 Å². The number of nitrogens with one attached hydrogen (secondary N) is 1. The van der Waals surface area contributed by atoms with E-state index in [1.807, 2.05) is 17.8 Å². The fraction of sp³-hybridized carbons (Fsp3) is 0.176. The van der Waals surface area contributed by atoms with Gasteiger partial charge in [-0.25, -0.2) is 4.98 Å². The van der Waals surface area contributed by atoms with Crippen molar-refractivity contribution in [1.82, 2.24) is 9.55 Å². The second-order valence-corrected chi connectivity index (χ2v) is 6.48. The Hall–Kier alpha value is -3.07. The number of rotatable bonds is 6. The minimum Gasteiger partial charge on any atom is -0.455 e. The van der Waals surface area contributed by atoms with Crippen molar-refractivity contribution in [3.63, 3.8) is 0 Å². The monoisotopic (exact) mass is 372 g/mol. The summed E-state index contributed by atoms with van der Waals surface area (Å²) in [7, 11) is 1.90. The molecule has 0 aliphatic heterocycles. The molecule has 0 radical (unpaired) electrons. The Morgan fingerprint density at radius 2 is 2.19 bits per heavy atom. The summed E-state index contributed by atoms with van der Waals surface area (Å²) in [5.74, 6) is 0.862. The lowest BCUT2D eigenvalue weighted by Crippen LogP contribution is -2.12. The van der Waals surface area contributed by atoms with Crippen molar-refractivity contribution >= 4 is 29.0 Å². The van der Waals surface area contributed by atoms with Crippen LogP contribution in [0.1, 0.15) is 21.9 Å². The maximum Gasteiger partial charge on any atom is 0.291 e. The molecule has 0 saturated heterocycles. The average molecular weight is 372 g/mol. The predicted octanol–water partition coefficient (Wildman–Crippen LogP) is 3.77. The second kappa shape index (κ2) is 7.44. The van der Waals surface area contributed by atoms with E-state index in [4.69, 9.17) is 4.42 Å². The summed E-state index contributed by atoms with van der Waals surface area (Å²) in [6.07, 6.45) is 3.56. The van der Waals surface area contributed by atoms with Gasteiger partial charge in [-0.05, 0) is 25.1 Å². The Morgan fingerprint density at radius 3 is 2.88 bits per heavy atom. The number of amides is 1. The molecule has 0 saturated carbocycles. The molecule has 2 aromatic heterocycles. The van der Waals surface area contributed by atoms with Crippen LogP contribution in [-0.4, -0.2) is 20.4 Å². The number of carbonyl (C=O) groups is 1. The molecule has 3 rings (SSSR count). The Bertz CT molecular complexity index is 963. The first-order valence-corrected chi connectivity index (χ1v) is 8.68. The topological polar surface area (TPSA) is 103 Å². The number of aryl methyl sites for hydroxylation is 1. The van der Waals surface area contributed by atoms with Crippen LogP contribution in [0.15, 0.2) is 52.3 Å². The van der Waals surface area contributed by atoms with Gasteiger partial charge < -0.3 is 14.3 Å². The zero-order chi connectivity index (χ0) is 18.7. The van der Waals surface area contributed by atoms with E-state index >= 15 is 0 Å². The van der Waals surface area contributed by atoms with Crippen LogP contribution in [0.3, 0.4) is 0 Å². The number of hydrogen-bond donors (Lipinski definition) is 1. The highest BCUT2D eigenvalue weighted by molar-refractivity contribution is 7.98. The van der Waals surface area contributed by atoms with Crippen LogP contribution in [0.5, 0.6) is 0 Å². The lowest BCUT2D eigenvalue weighted by molar-refractivity contribution is -0.385. The van der Waals surface area contributed by atoms with E-state index in [2.05, 4.69) is 10.3 Å². The molecule has 8 nitrogen and oxygen atoms in total. The standard InChI is InChI=1S/C17H16N4O4S/c1-11-13(4-3-5-14(11)21(23)24)19-16(22)15-7-6-12(25-15)10-26-17-18-8-9-20(17)2/h3-9H,10H2,1-2H3,(H,19,22). The van der Waals surface area contributed by atoms with Gasteiger partial charge >= 0.3 is 0 Å². The second-order valence-electron chi connectivity index (χ2n) is 5.54. The zero-order valence-corrected chi connectivity index (χ0v) is 14.9. The normalized spacial score (nSPS) is 10.7. The van der Waals surface area contributed by atoms with Gasteiger partial charge in [0.1, 0.15) is 5.76 Å². The number of nitro groups is 1. The number of aromatic nitrogens is 2. The summed E-state index contributed by atoms with van der Waals surface area (Å²) in [4.78, 5) is 27.1. The molecule has 3 aromatic rings. The number of imidazole rings is 1. The van der Waals surface area contributed by atoms with Crippen LogP contribution < -0.4 is 5.32 Å². The molecule has 0 aliphatic carbocycles. The fourth-order valence-electron chi connectivity index (χ4n) is 2.34. The molecule has 1 amide bonds. The molecule has 0 aliphatic rings. The van der Waals surface area contributed by atoms with Crippen molar-refractivity contribution in [3.05, 3.63) is 69.9 Å². The van der Waals surface area contributed by atoms with Crippen LogP contribution in [0.4, 0.5) is 11.4 Å². The first kappa shape index (κ1) is 17.7. The highest BCUT2D eigenvalue weighted by Crippen LogP contribution is 2.26. The van der Waals surface area contributed by atoms with Gasteiger partial charge in [-0.2, -0.15) is 0 Å². The number of benzene rings is 1. The van der Waals surface area contributed by atoms with E-state index in [9.17, 15) is 14.9 Å². The number of furan rings is 1. The Labute approximate surface area is 153 Å². The van der Waals surface area contributed by atoms with Crippen molar-refractivity contribution in [2.24, 2.45) is 7.05 Å². The smallest absolute Gasteiger partial charge is 0.291 e. The van der Waals surface area contributed by atoms with Crippen molar-refractivity contribution < 1.29 is 14.1 Å². The molecule has 134 valence electrons. The maximum absolute atomic E-state index is 12.3. The largest absolute Gasteiger partial charge is 0.455 e. The minimum absolute atomic E-state index is 0.0469. The molecule has 2 heterocycles. The average Bonchev–Trinajstić information content (AvgIpc) is 3.23. The van der Waals surface area contributed by atoms with E-state index in [0.29, 0.717) is 22.8 Å². The Morgan fingerprint density at radius 1 is 1.38 bits per heavy atom. The van der Waals surface area contributed by atoms with E-state index in [1.54, 1.807) is 31.3 Å².